The van der Waals surface area contributed by atoms with E-state index in [1.807, 2.05) is 36.1 Å². The van der Waals surface area contributed by atoms with E-state index >= 15 is 0 Å². The van der Waals surface area contributed by atoms with E-state index in [-0.39, 0.29) is 5.91 Å². The number of amides is 1. The van der Waals surface area contributed by atoms with Crippen molar-refractivity contribution >= 4 is 5.91 Å². The normalized spacial score (nSPS) is 18.2. The summed E-state index contributed by atoms with van der Waals surface area (Å²) in [6.07, 6.45) is 2.34. The first-order valence-electron chi connectivity index (χ1n) is 7.29. The zero-order valence-electron chi connectivity index (χ0n) is 12.4. The van der Waals surface area contributed by atoms with Gasteiger partial charge in [-0.3, -0.25) is 4.79 Å². The Labute approximate surface area is 121 Å². The summed E-state index contributed by atoms with van der Waals surface area (Å²) in [4.78, 5) is 14.6. The Morgan fingerprint density at radius 1 is 1.45 bits per heavy atom. The van der Waals surface area contributed by atoms with E-state index in [1.165, 1.54) is 6.42 Å². The van der Waals surface area contributed by atoms with E-state index < -0.39 is 0 Å². The van der Waals surface area contributed by atoms with Gasteiger partial charge in [-0.1, -0.05) is 18.2 Å². The molecular formula is C16H24N2O2. The van der Waals surface area contributed by atoms with E-state index in [2.05, 4.69) is 5.32 Å². The Morgan fingerprint density at radius 2 is 2.25 bits per heavy atom. The second kappa shape index (κ2) is 7.41. The molecule has 0 aromatic heterocycles. The number of carbonyl (C=O) groups excluding carboxylic acids is 1. The Morgan fingerprint density at radius 3 is 2.90 bits per heavy atom. The maximum atomic E-state index is 12.7. The second-order valence-corrected chi connectivity index (χ2v) is 5.35. The number of carbonyl (C=O) groups is 1. The van der Waals surface area contributed by atoms with Crippen molar-refractivity contribution < 1.29 is 9.53 Å². The van der Waals surface area contributed by atoms with Crippen molar-refractivity contribution in [2.45, 2.75) is 25.8 Å². The van der Waals surface area contributed by atoms with Crippen LogP contribution in [0.1, 0.15) is 28.8 Å². The minimum Gasteiger partial charge on any atom is -0.383 e. The summed E-state index contributed by atoms with van der Waals surface area (Å²) in [5.74, 6) is 0.105. The van der Waals surface area contributed by atoms with Crippen LogP contribution in [0.25, 0.3) is 0 Å². The number of aryl methyl sites for hydroxylation is 1. The molecule has 110 valence electrons. The molecule has 4 heteroatoms. The quantitative estimate of drug-likeness (QED) is 0.862. The van der Waals surface area contributed by atoms with E-state index in [4.69, 9.17) is 4.74 Å². The molecule has 1 aliphatic heterocycles. The number of benzene rings is 1. The lowest BCUT2D eigenvalue weighted by Gasteiger charge is -2.26. The number of nitrogens with one attached hydrogen (secondary N) is 1. The van der Waals surface area contributed by atoms with Gasteiger partial charge in [-0.25, -0.2) is 0 Å². The molecule has 1 saturated heterocycles. The van der Waals surface area contributed by atoms with Crippen LogP contribution < -0.4 is 5.32 Å². The third-order valence-electron chi connectivity index (χ3n) is 3.83. The van der Waals surface area contributed by atoms with Crippen LogP contribution in [0.2, 0.25) is 0 Å². The van der Waals surface area contributed by atoms with Crippen molar-refractivity contribution in [1.82, 2.24) is 10.2 Å². The van der Waals surface area contributed by atoms with Crippen LogP contribution in [0, 0.1) is 6.92 Å². The van der Waals surface area contributed by atoms with Crippen LogP contribution in [0.5, 0.6) is 0 Å². The van der Waals surface area contributed by atoms with Gasteiger partial charge in [0, 0.05) is 31.8 Å². The number of methoxy groups -OCH3 is 1. The molecular weight excluding hydrogens is 252 g/mol. The molecule has 0 aliphatic carbocycles. The summed E-state index contributed by atoms with van der Waals surface area (Å²) in [6.45, 7) is 5.01. The first kappa shape index (κ1) is 15.0. The van der Waals surface area contributed by atoms with Crippen LogP contribution in [-0.2, 0) is 4.74 Å². The number of ether oxygens (including phenoxy) is 1. The van der Waals surface area contributed by atoms with Crippen molar-refractivity contribution in [1.29, 1.82) is 0 Å². The third kappa shape index (κ3) is 3.81. The van der Waals surface area contributed by atoms with Crippen LogP contribution in [-0.4, -0.2) is 50.2 Å². The van der Waals surface area contributed by atoms with Gasteiger partial charge in [0.05, 0.1) is 6.61 Å². The van der Waals surface area contributed by atoms with Gasteiger partial charge in [0.2, 0.25) is 0 Å². The van der Waals surface area contributed by atoms with Gasteiger partial charge in [0.15, 0.2) is 0 Å². The van der Waals surface area contributed by atoms with Crippen LogP contribution >= 0.6 is 0 Å². The fraction of sp³-hybridized carbons (Fsp3) is 0.562. The lowest BCUT2D eigenvalue weighted by atomic mass is 10.1. The molecule has 1 fully saturated rings. The molecule has 0 saturated carbocycles. The Hall–Kier alpha value is -1.39. The molecule has 2 rings (SSSR count). The topological polar surface area (TPSA) is 41.6 Å². The van der Waals surface area contributed by atoms with Gasteiger partial charge >= 0.3 is 0 Å². The van der Waals surface area contributed by atoms with E-state index in [0.717, 1.165) is 30.6 Å². The van der Waals surface area contributed by atoms with E-state index in [9.17, 15) is 4.79 Å². The van der Waals surface area contributed by atoms with Gasteiger partial charge in [-0.05, 0) is 37.9 Å². The fourth-order valence-electron chi connectivity index (χ4n) is 2.64. The summed E-state index contributed by atoms with van der Waals surface area (Å²) >= 11 is 0. The lowest BCUT2D eigenvalue weighted by Crippen LogP contribution is -2.42. The third-order valence-corrected chi connectivity index (χ3v) is 3.83. The first-order chi connectivity index (χ1) is 9.72. The highest BCUT2D eigenvalue weighted by Crippen LogP contribution is 2.13. The molecule has 0 spiro atoms. The second-order valence-electron chi connectivity index (χ2n) is 5.35. The molecule has 1 unspecified atom stereocenters. The summed E-state index contributed by atoms with van der Waals surface area (Å²) in [5, 5.41) is 3.45. The summed E-state index contributed by atoms with van der Waals surface area (Å²) in [5.41, 5.74) is 1.82. The van der Waals surface area contributed by atoms with Crippen LogP contribution in [0.15, 0.2) is 24.3 Å². The monoisotopic (exact) mass is 276 g/mol. The molecule has 0 radical (unpaired) electrons. The number of nitrogens with zero attached hydrogens (tertiary/aromatic N) is 1. The highest BCUT2D eigenvalue weighted by Gasteiger charge is 2.22. The highest BCUT2D eigenvalue weighted by atomic mass is 16.5. The number of hydrogen-bond acceptors (Lipinski definition) is 3. The molecule has 0 bridgehead atoms. The van der Waals surface area contributed by atoms with Crippen LogP contribution in [0.3, 0.4) is 0 Å². The maximum absolute atomic E-state index is 12.7. The molecule has 20 heavy (non-hydrogen) atoms. The van der Waals surface area contributed by atoms with Crippen molar-refractivity contribution in [2.24, 2.45) is 0 Å². The average molecular weight is 276 g/mol. The summed E-state index contributed by atoms with van der Waals surface area (Å²) < 4.78 is 5.14. The SMILES string of the molecule is COCCN(CC1CCCN1)C(=O)c1ccccc1C. The lowest BCUT2D eigenvalue weighted by molar-refractivity contribution is 0.0678. The van der Waals surface area contributed by atoms with Gasteiger partial charge < -0.3 is 15.0 Å². The molecule has 1 heterocycles. The Bertz CT molecular complexity index is 442. The standard InChI is InChI=1S/C16H24N2O2/c1-13-6-3-4-8-15(13)16(19)18(10-11-20-2)12-14-7-5-9-17-14/h3-4,6,8,14,17H,5,7,9-12H2,1-2H3. The van der Waals surface area contributed by atoms with Gasteiger partial charge in [-0.15, -0.1) is 0 Å². The molecule has 1 aliphatic rings. The maximum Gasteiger partial charge on any atom is 0.254 e. The van der Waals surface area contributed by atoms with Crippen molar-refractivity contribution in [3.8, 4) is 0 Å². The van der Waals surface area contributed by atoms with Gasteiger partial charge in [0.25, 0.3) is 5.91 Å². The van der Waals surface area contributed by atoms with Gasteiger partial charge in [-0.2, -0.15) is 0 Å². The fourth-order valence-corrected chi connectivity index (χ4v) is 2.64. The molecule has 1 N–H and O–H groups in total. The van der Waals surface area contributed by atoms with Crippen LogP contribution in [0.4, 0.5) is 0 Å². The summed E-state index contributed by atoms with van der Waals surface area (Å²) in [7, 11) is 1.67. The largest absolute Gasteiger partial charge is 0.383 e. The molecule has 1 amide bonds. The van der Waals surface area contributed by atoms with E-state index in [0.29, 0.717) is 19.2 Å². The minimum atomic E-state index is 0.105. The zero-order valence-corrected chi connectivity index (χ0v) is 12.4. The van der Waals surface area contributed by atoms with E-state index in [1.54, 1.807) is 7.11 Å². The minimum absolute atomic E-state index is 0.105. The smallest absolute Gasteiger partial charge is 0.254 e. The zero-order chi connectivity index (χ0) is 14.4. The molecule has 4 nitrogen and oxygen atoms in total. The Balaban J connectivity index is 2.08. The molecule has 1 atom stereocenters. The molecule has 1 aromatic rings. The average Bonchev–Trinajstić information content (AvgIpc) is 2.96. The number of hydrogen-bond donors (Lipinski definition) is 1. The molecule has 1 aromatic carbocycles. The highest BCUT2D eigenvalue weighted by molar-refractivity contribution is 5.95. The predicted molar refractivity (Wildman–Crippen MR) is 80.0 cm³/mol. The van der Waals surface area contributed by atoms with Crippen molar-refractivity contribution in [3.05, 3.63) is 35.4 Å². The number of rotatable bonds is 6. The van der Waals surface area contributed by atoms with Gasteiger partial charge in [0.1, 0.15) is 0 Å². The Kier molecular flexibility index (Phi) is 5.56. The summed E-state index contributed by atoms with van der Waals surface area (Å²) in [6, 6.07) is 8.18. The first-order valence-corrected chi connectivity index (χ1v) is 7.29. The predicted octanol–water partition coefficient (Wildman–Crippen LogP) is 1.84. The van der Waals surface area contributed by atoms with Crippen molar-refractivity contribution in [2.75, 3.05) is 33.4 Å². The van der Waals surface area contributed by atoms with Crippen molar-refractivity contribution in [3.63, 3.8) is 0 Å².